The van der Waals surface area contributed by atoms with E-state index in [4.69, 9.17) is 9.52 Å². The highest BCUT2D eigenvalue weighted by Crippen LogP contribution is 2.22. The number of carboxylic acids is 1. The molecule has 0 saturated heterocycles. The minimum Gasteiger partial charge on any atom is -0.507 e. The van der Waals surface area contributed by atoms with Gasteiger partial charge >= 0.3 is 5.97 Å². The fraction of sp³-hybridized carbons (Fsp3) is 0.143. The molecule has 0 atom stereocenters. The van der Waals surface area contributed by atoms with Crippen LogP contribution < -0.4 is 5.32 Å². The molecule has 0 saturated carbocycles. The molecule has 104 valence electrons. The number of hydrogen-bond acceptors (Lipinski definition) is 4. The predicted molar refractivity (Wildman–Crippen MR) is 71.1 cm³/mol. The number of phenols is 1. The van der Waals surface area contributed by atoms with Crippen LogP contribution in [0.2, 0.25) is 0 Å². The molecule has 0 aliphatic carbocycles. The molecule has 6 nitrogen and oxygen atoms in total. The third kappa shape index (κ3) is 2.80. The predicted octanol–water partition coefficient (Wildman–Crippen LogP) is 2.50. The first-order chi connectivity index (χ1) is 9.51. The maximum Gasteiger partial charge on any atom is 0.339 e. The van der Waals surface area contributed by atoms with Crippen molar-refractivity contribution in [1.82, 2.24) is 0 Å². The smallest absolute Gasteiger partial charge is 0.339 e. The highest BCUT2D eigenvalue weighted by Gasteiger charge is 2.14. The highest BCUT2D eigenvalue weighted by atomic mass is 16.4. The van der Waals surface area contributed by atoms with Crippen molar-refractivity contribution in [2.24, 2.45) is 0 Å². The van der Waals surface area contributed by atoms with Gasteiger partial charge in [0, 0.05) is 12.1 Å². The monoisotopic (exact) mass is 275 g/mol. The molecule has 0 bridgehead atoms. The summed E-state index contributed by atoms with van der Waals surface area (Å²) in [6, 6.07) is 7.04. The molecule has 2 aromatic rings. The second kappa shape index (κ2) is 5.48. The van der Waals surface area contributed by atoms with E-state index in [1.807, 2.05) is 6.92 Å². The lowest BCUT2D eigenvalue weighted by atomic mass is 10.2. The number of aromatic carboxylic acids is 1. The number of rotatable bonds is 4. The number of aromatic hydroxyl groups is 1. The molecule has 1 aromatic heterocycles. The number of nitrogens with one attached hydrogen (secondary N) is 1. The van der Waals surface area contributed by atoms with Gasteiger partial charge in [-0.25, -0.2) is 4.79 Å². The van der Waals surface area contributed by atoms with Gasteiger partial charge in [0.1, 0.15) is 17.1 Å². The van der Waals surface area contributed by atoms with Crippen molar-refractivity contribution in [1.29, 1.82) is 0 Å². The minimum atomic E-state index is -1.27. The third-order valence-electron chi connectivity index (χ3n) is 2.72. The van der Waals surface area contributed by atoms with Crippen LogP contribution in [0.25, 0.3) is 0 Å². The van der Waals surface area contributed by atoms with Crippen molar-refractivity contribution in [3.05, 3.63) is 47.4 Å². The number of aryl methyl sites for hydroxylation is 1. The van der Waals surface area contributed by atoms with E-state index in [1.54, 1.807) is 12.1 Å². The second-order valence-electron chi connectivity index (χ2n) is 4.11. The fourth-order valence-electron chi connectivity index (χ4n) is 1.67. The summed E-state index contributed by atoms with van der Waals surface area (Å²) in [6.07, 6.45) is 0.676. The van der Waals surface area contributed by atoms with E-state index < -0.39 is 11.9 Å². The molecule has 1 aromatic carbocycles. The molecule has 1 amide bonds. The molecule has 6 heteroatoms. The Labute approximate surface area is 114 Å². The van der Waals surface area contributed by atoms with E-state index in [2.05, 4.69) is 5.32 Å². The van der Waals surface area contributed by atoms with Crippen LogP contribution >= 0.6 is 0 Å². The Morgan fingerprint density at radius 2 is 2.00 bits per heavy atom. The Morgan fingerprint density at radius 3 is 2.60 bits per heavy atom. The zero-order valence-electron chi connectivity index (χ0n) is 10.7. The van der Waals surface area contributed by atoms with E-state index in [0.717, 1.165) is 0 Å². The van der Waals surface area contributed by atoms with E-state index >= 15 is 0 Å². The molecule has 0 fully saturated rings. The molecule has 0 radical (unpaired) electrons. The van der Waals surface area contributed by atoms with Crippen molar-refractivity contribution < 1.29 is 24.2 Å². The van der Waals surface area contributed by atoms with Crippen LogP contribution in [0, 0.1) is 0 Å². The molecule has 3 N–H and O–H groups in total. The molecule has 0 unspecified atom stereocenters. The number of benzene rings is 1. The molecule has 20 heavy (non-hydrogen) atoms. The summed E-state index contributed by atoms with van der Waals surface area (Å²) in [5, 5.41) is 20.8. The molecular formula is C14H13NO5. The molecule has 1 heterocycles. The van der Waals surface area contributed by atoms with Crippen molar-refractivity contribution >= 4 is 17.6 Å². The average molecular weight is 275 g/mol. The first-order valence-corrected chi connectivity index (χ1v) is 5.97. The van der Waals surface area contributed by atoms with Crippen LogP contribution in [0.5, 0.6) is 5.75 Å². The Bertz CT molecular complexity index is 659. The van der Waals surface area contributed by atoms with E-state index in [-0.39, 0.29) is 22.8 Å². The van der Waals surface area contributed by atoms with E-state index in [9.17, 15) is 14.7 Å². The van der Waals surface area contributed by atoms with Gasteiger partial charge in [0.05, 0.1) is 0 Å². The van der Waals surface area contributed by atoms with Gasteiger partial charge in [-0.3, -0.25) is 4.79 Å². The van der Waals surface area contributed by atoms with Gasteiger partial charge in [-0.05, 0) is 30.3 Å². The number of hydrogen-bond donors (Lipinski definition) is 3. The van der Waals surface area contributed by atoms with Crippen molar-refractivity contribution in [3.8, 4) is 5.75 Å². The van der Waals surface area contributed by atoms with E-state index in [0.29, 0.717) is 12.2 Å². The van der Waals surface area contributed by atoms with Crippen LogP contribution in [-0.2, 0) is 6.42 Å². The van der Waals surface area contributed by atoms with Crippen LogP contribution in [0.4, 0.5) is 5.69 Å². The lowest BCUT2D eigenvalue weighted by Crippen LogP contribution is -2.11. The van der Waals surface area contributed by atoms with Gasteiger partial charge in [0.15, 0.2) is 5.76 Å². The zero-order valence-corrected chi connectivity index (χ0v) is 10.7. The van der Waals surface area contributed by atoms with Crippen LogP contribution in [0.1, 0.15) is 33.6 Å². The summed E-state index contributed by atoms with van der Waals surface area (Å²) in [5.74, 6) is -1.28. The second-order valence-corrected chi connectivity index (χ2v) is 4.11. The molecule has 0 aliphatic rings. The van der Waals surface area contributed by atoms with Crippen LogP contribution in [-0.4, -0.2) is 22.1 Å². The minimum absolute atomic E-state index is 0.145. The quantitative estimate of drug-likeness (QED) is 0.744. The van der Waals surface area contributed by atoms with Gasteiger partial charge in [-0.1, -0.05) is 6.92 Å². The summed E-state index contributed by atoms with van der Waals surface area (Å²) in [5.41, 5.74) is -0.0175. The largest absolute Gasteiger partial charge is 0.507 e. The van der Waals surface area contributed by atoms with Gasteiger partial charge < -0.3 is 19.9 Å². The SMILES string of the molecule is CCc1ccc(C(=O)Nc2ccc(O)c(C(=O)O)c2)o1. The Balaban J connectivity index is 2.19. The molecular weight excluding hydrogens is 262 g/mol. The van der Waals surface area contributed by atoms with E-state index in [1.165, 1.54) is 18.2 Å². The van der Waals surface area contributed by atoms with Crippen LogP contribution in [0.15, 0.2) is 34.7 Å². The van der Waals surface area contributed by atoms with Crippen molar-refractivity contribution in [3.63, 3.8) is 0 Å². The Hall–Kier alpha value is -2.76. The first kappa shape index (κ1) is 13.7. The number of carbonyl (C=O) groups is 2. The highest BCUT2D eigenvalue weighted by molar-refractivity contribution is 6.03. The fourth-order valence-corrected chi connectivity index (χ4v) is 1.67. The topological polar surface area (TPSA) is 99.8 Å². The first-order valence-electron chi connectivity index (χ1n) is 5.97. The van der Waals surface area contributed by atoms with Gasteiger partial charge in [0.25, 0.3) is 5.91 Å². The summed E-state index contributed by atoms with van der Waals surface area (Å²) in [7, 11) is 0. The number of carboxylic acid groups (broad SMARTS) is 1. The van der Waals surface area contributed by atoms with Gasteiger partial charge in [-0.2, -0.15) is 0 Å². The van der Waals surface area contributed by atoms with Gasteiger partial charge in [0.2, 0.25) is 0 Å². The maximum atomic E-state index is 11.9. The number of furan rings is 1. The lowest BCUT2D eigenvalue weighted by molar-refractivity contribution is 0.0693. The van der Waals surface area contributed by atoms with Crippen molar-refractivity contribution in [2.75, 3.05) is 5.32 Å². The lowest BCUT2D eigenvalue weighted by Gasteiger charge is -2.05. The molecule has 0 spiro atoms. The van der Waals surface area contributed by atoms with Crippen LogP contribution in [0.3, 0.4) is 0 Å². The molecule has 2 rings (SSSR count). The average Bonchev–Trinajstić information content (AvgIpc) is 2.89. The van der Waals surface area contributed by atoms with Crippen molar-refractivity contribution in [2.45, 2.75) is 13.3 Å². The summed E-state index contributed by atoms with van der Waals surface area (Å²) < 4.78 is 5.29. The maximum absolute atomic E-state index is 11.9. The normalized spacial score (nSPS) is 10.2. The zero-order chi connectivity index (χ0) is 14.7. The summed E-state index contributed by atoms with van der Waals surface area (Å²) in [4.78, 5) is 22.8. The third-order valence-corrected chi connectivity index (χ3v) is 2.72. The number of anilines is 1. The molecule has 0 aliphatic heterocycles. The summed E-state index contributed by atoms with van der Waals surface area (Å²) >= 11 is 0. The number of carbonyl (C=O) groups excluding carboxylic acids is 1. The standard InChI is InChI=1S/C14H13NO5/c1-2-9-4-6-12(20-9)13(17)15-8-3-5-11(16)10(7-8)14(18)19/h3-7,16H,2H2,1H3,(H,15,17)(H,18,19). The summed E-state index contributed by atoms with van der Waals surface area (Å²) in [6.45, 7) is 1.90. The Kier molecular flexibility index (Phi) is 3.74. The Morgan fingerprint density at radius 1 is 1.25 bits per heavy atom. The number of amides is 1. The van der Waals surface area contributed by atoms with Gasteiger partial charge in [-0.15, -0.1) is 0 Å².